The number of para-hydroxylation sites is 2. The minimum absolute atomic E-state index is 0.0810. The molecule has 150 valence electrons. The fourth-order valence-electron chi connectivity index (χ4n) is 3.38. The minimum Gasteiger partial charge on any atom is -0.341 e. The van der Waals surface area contributed by atoms with Gasteiger partial charge in [0.15, 0.2) is 5.43 Å². The molecule has 0 aliphatic heterocycles. The van der Waals surface area contributed by atoms with Crippen molar-refractivity contribution < 1.29 is 0 Å². The summed E-state index contributed by atoms with van der Waals surface area (Å²) in [6.45, 7) is 0. The summed E-state index contributed by atoms with van der Waals surface area (Å²) in [5.41, 5.74) is 2.56. The van der Waals surface area contributed by atoms with Crippen molar-refractivity contribution in [2.24, 2.45) is 0 Å². The van der Waals surface area contributed by atoms with Gasteiger partial charge in [0, 0.05) is 29.8 Å². The summed E-state index contributed by atoms with van der Waals surface area (Å²) in [7, 11) is 0. The van der Waals surface area contributed by atoms with Crippen LogP contribution in [0.2, 0.25) is 0 Å². The lowest BCUT2D eigenvalue weighted by Crippen LogP contribution is -2.13. The van der Waals surface area contributed by atoms with Crippen molar-refractivity contribution in [2.45, 2.75) is 10.1 Å². The van der Waals surface area contributed by atoms with Crippen molar-refractivity contribution in [3.05, 3.63) is 114 Å². The van der Waals surface area contributed by atoms with Crippen LogP contribution >= 0.6 is 11.8 Å². The molecular formula is C25H18N4OS. The molecule has 0 aliphatic rings. The third-order valence-corrected chi connectivity index (χ3v) is 5.66. The van der Waals surface area contributed by atoms with E-state index in [-0.39, 0.29) is 5.43 Å². The van der Waals surface area contributed by atoms with Crippen LogP contribution in [0.3, 0.4) is 0 Å². The summed E-state index contributed by atoms with van der Waals surface area (Å²) < 4.78 is 2.05. The van der Waals surface area contributed by atoms with Crippen LogP contribution in [0.15, 0.2) is 118 Å². The van der Waals surface area contributed by atoms with Crippen molar-refractivity contribution in [3.63, 3.8) is 0 Å². The number of nitrogens with zero attached hydrogens (tertiary/aromatic N) is 3. The molecule has 0 unspecified atom stereocenters. The summed E-state index contributed by atoms with van der Waals surface area (Å²) in [6, 6.07) is 29.1. The maximum atomic E-state index is 12.9. The third kappa shape index (κ3) is 4.06. The zero-order chi connectivity index (χ0) is 21.0. The quantitative estimate of drug-likeness (QED) is 0.395. The van der Waals surface area contributed by atoms with Crippen LogP contribution in [-0.2, 0) is 0 Å². The normalized spacial score (nSPS) is 10.8. The Hall–Kier alpha value is -3.90. The zero-order valence-electron chi connectivity index (χ0n) is 16.5. The van der Waals surface area contributed by atoms with Gasteiger partial charge in [-0.3, -0.25) is 9.36 Å². The molecule has 0 radical (unpaired) electrons. The van der Waals surface area contributed by atoms with Crippen molar-refractivity contribution in [3.8, 4) is 5.69 Å². The second-order valence-corrected chi connectivity index (χ2v) is 7.91. The van der Waals surface area contributed by atoms with Crippen LogP contribution in [0.5, 0.6) is 0 Å². The highest BCUT2D eigenvalue weighted by Gasteiger charge is 2.13. The van der Waals surface area contributed by atoms with Gasteiger partial charge < -0.3 is 5.32 Å². The van der Waals surface area contributed by atoms with Gasteiger partial charge in [-0.25, -0.2) is 9.97 Å². The molecule has 0 fully saturated rings. The second-order valence-electron chi connectivity index (χ2n) is 6.87. The summed E-state index contributed by atoms with van der Waals surface area (Å²) in [4.78, 5) is 21.8. The first-order valence-corrected chi connectivity index (χ1v) is 10.6. The Labute approximate surface area is 183 Å². The van der Waals surface area contributed by atoms with E-state index in [4.69, 9.17) is 0 Å². The topological polar surface area (TPSA) is 59.8 Å². The van der Waals surface area contributed by atoms with Crippen LogP contribution in [-0.4, -0.2) is 14.5 Å². The van der Waals surface area contributed by atoms with E-state index >= 15 is 0 Å². The first-order valence-electron chi connectivity index (χ1n) is 9.80. The minimum atomic E-state index is -0.0810. The fourth-order valence-corrected chi connectivity index (χ4v) is 4.13. The molecule has 0 atom stereocenters. The van der Waals surface area contributed by atoms with Gasteiger partial charge in [-0.2, -0.15) is 0 Å². The molecule has 1 N–H and O–H groups in total. The number of pyridine rings is 3. The lowest BCUT2D eigenvalue weighted by molar-refractivity contribution is 1.06. The Bertz CT molecular complexity index is 1390. The molecule has 0 saturated heterocycles. The van der Waals surface area contributed by atoms with Crippen molar-refractivity contribution in [1.82, 2.24) is 14.5 Å². The van der Waals surface area contributed by atoms with Crippen molar-refractivity contribution in [1.29, 1.82) is 0 Å². The van der Waals surface area contributed by atoms with Crippen LogP contribution in [0, 0.1) is 0 Å². The maximum absolute atomic E-state index is 12.9. The Balaban J connectivity index is 1.71. The number of rotatable bonds is 5. The molecule has 5 nitrogen and oxygen atoms in total. The van der Waals surface area contributed by atoms with Gasteiger partial charge in [-0.15, -0.1) is 0 Å². The molecule has 0 spiro atoms. The van der Waals surface area contributed by atoms with Gasteiger partial charge in [0.05, 0.1) is 10.9 Å². The Morgan fingerprint density at radius 1 is 0.774 bits per heavy atom. The molecule has 0 aliphatic carbocycles. The van der Waals surface area contributed by atoms with Gasteiger partial charge in [0.25, 0.3) is 0 Å². The average molecular weight is 423 g/mol. The fraction of sp³-hybridized carbons (Fsp3) is 0. The molecule has 31 heavy (non-hydrogen) atoms. The predicted octanol–water partition coefficient (Wildman–Crippen LogP) is 5.68. The van der Waals surface area contributed by atoms with Gasteiger partial charge in [-0.05, 0) is 42.5 Å². The summed E-state index contributed by atoms with van der Waals surface area (Å²) in [5.74, 6) is 0.690. The lowest BCUT2D eigenvalue weighted by Gasteiger charge is -2.18. The first-order chi connectivity index (χ1) is 15.3. The second kappa shape index (κ2) is 8.45. The molecule has 0 bridgehead atoms. The van der Waals surface area contributed by atoms with Crippen LogP contribution < -0.4 is 10.7 Å². The van der Waals surface area contributed by atoms with E-state index in [0.29, 0.717) is 11.2 Å². The third-order valence-electron chi connectivity index (χ3n) is 4.78. The predicted molar refractivity (Wildman–Crippen MR) is 125 cm³/mol. The molecule has 2 aromatic carbocycles. The van der Waals surface area contributed by atoms with E-state index in [9.17, 15) is 4.79 Å². The number of aromatic nitrogens is 3. The number of nitrogens with one attached hydrogen (secondary N) is 1. The summed E-state index contributed by atoms with van der Waals surface area (Å²) >= 11 is 1.46. The van der Waals surface area contributed by atoms with Crippen LogP contribution in [0.4, 0.5) is 11.5 Å². The molecule has 0 amide bonds. The van der Waals surface area contributed by atoms with E-state index in [1.807, 2.05) is 89.5 Å². The molecule has 0 saturated carbocycles. The maximum Gasteiger partial charge on any atom is 0.193 e. The number of anilines is 2. The Morgan fingerprint density at radius 3 is 2.26 bits per heavy atom. The van der Waals surface area contributed by atoms with Gasteiger partial charge in [0.1, 0.15) is 15.9 Å². The molecule has 5 rings (SSSR count). The van der Waals surface area contributed by atoms with Gasteiger partial charge in [0.2, 0.25) is 0 Å². The van der Waals surface area contributed by atoms with E-state index < -0.39 is 0 Å². The molecular weight excluding hydrogens is 404 g/mol. The zero-order valence-corrected chi connectivity index (χ0v) is 17.3. The molecule has 5 aromatic rings. The Kier molecular flexibility index (Phi) is 5.21. The van der Waals surface area contributed by atoms with Crippen LogP contribution in [0.25, 0.3) is 16.6 Å². The number of hydrogen-bond acceptors (Lipinski definition) is 5. The first kappa shape index (κ1) is 19.1. The largest absolute Gasteiger partial charge is 0.341 e. The highest BCUT2D eigenvalue weighted by atomic mass is 32.2. The number of fused-ring (bicyclic) bond motifs is 1. The number of benzene rings is 2. The van der Waals surface area contributed by atoms with E-state index in [1.165, 1.54) is 11.8 Å². The smallest absolute Gasteiger partial charge is 0.193 e. The summed E-state index contributed by atoms with van der Waals surface area (Å²) in [6.07, 6.45) is 3.40. The van der Waals surface area contributed by atoms with E-state index in [1.54, 1.807) is 18.5 Å². The van der Waals surface area contributed by atoms with Crippen molar-refractivity contribution in [2.75, 3.05) is 5.32 Å². The highest BCUT2D eigenvalue weighted by molar-refractivity contribution is 7.99. The van der Waals surface area contributed by atoms with Crippen LogP contribution in [0.1, 0.15) is 0 Å². The van der Waals surface area contributed by atoms with E-state index in [0.717, 1.165) is 26.9 Å². The Morgan fingerprint density at radius 2 is 1.52 bits per heavy atom. The van der Waals surface area contributed by atoms with E-state index in [2.05, 4.69) is 15.3 Å². The van der Waals surface area contributed by atoms with Gasteiger partial charge >= 0.3 is 0 Å². The molecule has 3 aromatic heterocycles. The lowest BCUT2D eigenvalue weighted by atomic mass is 10.2. The highest BCUT2D eigenvalue weighted by Crippen LogP contribution is 2.29. The van der Waals surface area contributed by atoms with Crippen molar-refractivity contribution >= 4 is 34.2 Å². The average Bonchev–Trinajstić information content (AvgIpc) is 2.81. The summed E-state index contributed by atoms with van der Waals surface area (Å²) in [5, 5.41) is 5.58. The monoisotopic (exact) mass is 422 g/mol. The standard InChI is InChI=1S/C25H18N4OS/c30-22-16-23(28-18-9-3-1-4-10-18)29(19-11-5-2-6-12-19)21-15-25(27-17-20(21)22)31-24-13-7-8-14-26-24/h1-17,28H. The number of hydrogen-bond donors (Lipinski definition) is 1. The SMILES string of the molecule is O=c1cc(Nc2ccccc2)n(-c2ccccc2)c2cc(Sc3ccccn3)ncc12. The molecule has 3 heterocycles. The van der Waals surface area contributed by atoms with Gasteiger partial charge in [-0.1, -0.05) is 54.2 Å². The molecule has 6 heteroatoms.